The third-order valence-corrected chi connectivity index (χ3v) is 3.79. The molecule has 2 aromatic carbocycles. The molecule has 0 atom stereocenters. The Balaban J connectivity index is 1.79. The highest BCUT2D eigenvalue weighted by Crippen LogP contribution is 2.19. The summed E-state index contributed by atoms with van der Waals surface area (Å²) in [5, 5.41) is 6.00. The maximum Gasteiger partial charge on any atom is 0.238 e. The number of rotatable bonds is 5. The van der Waals surface area contributed by atoms with Crippen LogP contribution in [-0.4, -0.2) is 12.5 Å². The average Bonchev–Trinajstić information content (AvgIpc) is 2.44. The molecule has 0 unspecified atom stereocenters. The van der Waals surface area contributed by atoms with Crippen molar-refractivity contribution in [1.82, 2.24) is 5.32 Å². The normalized spacial score (nSPS) is 10.3. The minimum Gasteiger partial charge on any atom is -0.325 e. The molecule has 0 radical (unpaired) electrons. The van der Waals surface area contributed by atoms with Crippen molar-refractivity contribution < 1.29 is 4.79 Å². The summed E-state index contributed by atoms with van der Waals surface area (Å²) in [6.45, 7) is 2.98. The van der Waals surface area contributed by atoms with Crippen LogP contribution in [0.1, 0.15) is 11.1 Å². The molecule has 0 heterocycles. The molecule has 0 aromatic heterocycles. The van der Waals surface area contributed by atoms with Crippen LogP contribution in [0.5, 0.6) is 0 Å². The van der Waals surface area contributed by atoms with Gasteiger partial charge in [-0.05, 0) is 36.2 Å². The van der Waals surface area contributed by atoms with Crippen molar-refractivity contribution in [3.8, 4) is 0 Å². The Morgan fingerprint density at radius 3 is 2.60 bits per heavy atom. The summed E-state index contributed by atoms with van der Waals surface area (Å²) < 4.78 is 1.04. The number of aryl methyl sites for hydroxylation is 1. The molecule has 0 spiro atoms. The van der Waals surface area contributed by atoms with E-state index in [-0.39, 0.29) is 5.91 Å². The predicted octanol–water partition coefficient (Wildman–Crippen LogP) is 3.49. The van der Waals surface area contributed by atoms with Gasteiger partial charge in [-0.25, -0.2) is 0 Å². The molecule has 4 heteroatoms. The van der Waals surface area contributed by atoms with Crippen molar-refractivity contribution in [1.29, 1.82) is 0 Å². The van der Waals surface area contributed by atoms with E-state index in [1.807, 2.05) is 55.5 Å². The smallest absolute Gasteiger partial charge is 0.238 e. The Hall–Kier alpha value is -1.65. The maximum atomic E-state index is 11.8. The van der Waals surface area contributed by atoms with Gasteiger partial charge in [0.05, 0.1) is 6.54 Å². The zero-order valence-electron chi connectivity index (χ0n) is 11.3. The summed E-state index contributed by atoms with van der Waals surface area (Å²) in [7, 11) is 0. The zero-order valence-corrected chi connectivity index (χ0v) is 12.9. The number of halogens is 1. The first-order chi connectivity index (χ1) is 9.65. The first kappa shape index (κ1) is 14.8. The number of amides is 1. The summed E-state index contributed by atoms with van der Waals surface area (Å²) >= 11 is 3.44. The molecule has 20 heavy (non-hydrogen) atoms. The summed E-state index contributed by atoms with van der Waals surface area (Å²) in [4.78, 5) is 11.8. The molecule has 0 saturated heterocycles. The second-order valence-corrected chi connectivity index (χ2v) is 5.46. The van der Waals surface area contributed by atoms with E-state index in [0.29, 0.717) is 13.1 Å². The standard InChI is InChI=1S/C16H17BrN2O/c1-12-9-14(7-8-15(12)17)19-16(20)11-18-10-13-5-3-2-4-6-13/h2-9,18H,10-11H2,1H3,(H,19,20). The third-order valence-electron chi connectivity index (χ3n) is 2.90. The van der Waals surface area contributed by atoms with Crippen molar-refractivity contribution in [3.05, 3.63) is 64.1 Å². The molecular weight excluding hydrogens is 316 g/mol. The van der Waals surface area contributed by atoms with Gasteiger partial charge in [0, 0.05) is 16.7 Å². The molecular formula is C16H17BrN2O. The highest BCUT2D eigenvalue weighted by Gasteiger charge is 2.03. The molecule has 2 aromatic rings. The van der Waals surface area contributed by atoms with Crippen LogP contribution < -0.4 is 10.6 Å². The minimum absolute atomic E-state index is 0.0392. The lowest BCUT2D eigenvalue weighted by atomic mass is 10.2. The lowest BCUT2D eigenvalue weighted by molar-refractivity contribution is -0.115. The minimum atomic E-state index is -0.0392. The van der Waals surface area contributed by atoms with Crippen molar-refractivity contribution in [2.75, 3.05) is 11.9 Å². The van der Waals surface area contributed by atoms with E-state index < -0.39 is 0 Å². The van der Waals surface area contributed by atoms with Gasteiger partial charge in [0.15, 0.2) is 0 Å². The van der Waals surface area contributed by atoms with E-state index in [9.17, 15) is 4.79 Å². The molecule has 3 nitrogen and oxygen atoms in total. The van der Waals surface area contributed by atoms with Crippen molar-refractivity contribution in [2.24, 2.45) is 0 Å². The summed E-state index contributed by atoms with van der Waals surface area (Å²) in [5.41, 5.74) is 3.08. The van der Waals surface area contributed by atoms with Crippen molar-refractivity contribution in [3.63, 3.8) is 0 Å². The predicted molar refractivity (Wildman–Crippen MR) is 85.7 cm³/mol. The first-order valence-electron chi connectivity index (χ1n) is 6.46. The van der Waals surface area contributed by atoms with Gasteiger partial charge in [0.2, 0.25) is 5.91 Å². The quantitative estimate of drug-likeness (QED) is 0.879. The summed E-state index contributed by atoms with van der Waals surface area (Å²) in [5.74, 6) is -0.0392. The fraction of sp³-hybridized carbons (Fsp3) is 0.188. The van der Waals surface area contributed by atoms with Gasteiger partial charge in [-0.2, -0.15) is 0 Å². The van der Waals surface area contributed by atoms with Crippen LogP contribution in [0, 0.1) is 6.92 Å². The van der Waals surface area contributed by atoms with E-state index in [2.05, 4.69) is 26.6 Å². The molecule has 0 bridgehead atoms. The summed E-state index contributed by atoms with van der Waals surface area (Å²) in [6, 6.07) is 15.8. The number of benzene rings is 2. The van der Waals surface area contributed by atoms with Gasteiger partial charge in [0.25, 0.3) is 0 Å². The van der Waals surface area contributed by atoms with E-state index >= 15 is 0 Å². The Kier molecular flexibility index (Phi) is 5.32. The van der Waals surface area contributed by atoms with Crippen LogP contribution in [0.3, 0.4) is 0 Å². The number of carbonyl (C=O) groups excluding carboxylic acids is 1. The molecule has 0 fully saturated rings. The first-order valence-corrected chi connectivity index (χ1v) is 7.25. The highest BCUT2D eigenvalue weighted by atomic mass is 79.9. The van der Waals surface area contributed by atoms with Gasteiger partial charge in [-0.1, -0.05) is 46.3 Å². The Morgan fingerprint density at radius 1 is 1.15 bits per heavy atom. The Bertz CT molecular complexity index is 584. The van der Waals surface area contributed by atoms with Crippen molar-refractivity contribution in [2.45, 2.75) is 13.5 Å². The van der Waals surface area contributed by atoms with E-state index in [0.717, 1.165) is 15.7 Å². The van der Waals surface area contributed by atoms with Crippen LogP contribution in [0.25, 0.3) is 0 Å². The fourth-order valence-corrected chi connectivity index (χ4v) is 2.09. The van der Waals surface area contributed by atoms with E-state index in [1.54, 1.807) is 0 Å². The zero-order chi connectivity index (χ0) is 14.4. The number of nitrogens with one attached hydrogen (secondary N) is 2. The van der Waals surface area contributed by atoms with E-state index in [4.69, 9.17) is 0 Å². The van der Waals surface area contributed by atoms with E-state index in [1.165, 1.54) is 5.56 Å². The van der Waals surface area contributed by atoms with Gasteiger partial charge in [-0.3, -0.25) is 4.79 Å². The largest absolute Gasteiger partial charge is 0.325 e. The lowest BCUT2D eigenvalue weighted by Gasteiger charge is -2.08. The van der Waals surface area contributed by atoms with Crippen LogP contribution in [0.4, 0.5) is 5.69 Å². The number of hydrogen-bond acceptors (Lipinski definition) is 2. The molecule has 2 N–H and O–H groups in total. The van der Waals surface area contributed by atoms with Crippen molar-refractivity contribution >= 4 is 27.5 Å². The molecule has 0 aliphatic carbocycles. The average molecular weight is 333 g/mol. The lowest BCUT2D eigenvalue weighted by Crippen LogP contribution is -2.27. The van der Waals surface area contributed by atoms with Crippen LogP contribution in [0.2, 0.25) is 0 Å². The summed E-state index contributed by atoms with van der Waals surface area (Å²) in [6.07, 6.45) is 0. The molecule has 0 aliphatic heterocycles. The van der Waals surface area contributed by atoms with Crippen LogP contribution in [0.15, 0.2) is 53.0 Å². The van der Waals surface area contributed by atoms with Gasteiger partial charge >= 0.3 is 0 Å². The maximum absolute atomic E-state index is 11.8. The molecule has 0 aliphatic rings. The third kappa shape index (κ3) is 4.47. The topological polar surface area (TPSA) is 41.1 Å². The van der Waals surface area contributed by atoms with Gasteiger partial charge in [-0.15, -0.1) is 0 Å². The monoisotopic (exact) mass is 332 g/mol. The Morgan fingerprint density at radius 2 is 1.90 bits per heavy atom. The number of hydrogen-bond donors (Lipinski definition) is 2. The SMILES string of the molecule is Cc1cc(NC(=O)CNCc2ccccc2)ccc1Br. The number of carbonyl (C=O) groups is 1. The molecule has 1 amide bonds. The van der Waals surface area contributed by atoms with Gasteiger partial charge in [0.1, 0.15) is 0 Å². The molecule has 0 saturated carbocycles. The fourth-order valence-electron chi connectivity index (χ4n) is 1.84. The second kappa shape index (κ2) is 7.22. The number of anilines is 1. The highest BCUT2D eigenvalue weighted by molar-refractivity contribution is 9.10. The second-order valence-electron chi connectivity index (χ2n) is 4.60. The Labute approximate surface area is 127 Å². The van der Waals surface area contributed by atoms with Crippen LogP contribution in [-0.2, 0) is 11.3 Å². The van der Waals surface area contributed by atoms with Crippen LogP contribution >= 0.6 is 15.9 Å². The molecule has 2 rings (SSSR count). The van der Waals surface area contributed by atoms with Gasteiger partial charge < -0.3 is 10.6 Å². The molecule has 104 valence electrons.